The predicted octanol–water partition coefficient (Wildman–Crippen LogP) is 0.913. The molecular formula is C14H18F2N2O5S. The van der Waals surface area contributed by atoms with Gasteiger partial charge >= 0.3 is 0 Å². The molecule has 0 bridgehead atoms. The summed E-state index contributed by atoms with van der Waals surface area (Å²) in [5.41, 5.74) is 4.81. The molecule has 0 saturated carbocycles. The highest BCUT2D eigenvalue weighted by Gasteiger charge is 2.28. The summed E-state index contributed by atoms with van der Waals surface area (Å²) in [6.45, 7) is 0.556. The Kier molecular flexibility index (Phi) is 6.75. The SMILES string of the molecule is NC(=O)[C@@H](OC1CCOCC1)c1cc(F)c(CNS(=O)O)cc1F. The van der Waals surface area contributed by atoms with E-state index < -0.39 is 34.9 Å². The van der Waals surface area contributed by atoms with Gasteiger partial charge < -0.3 is 15.2 Å². The summed E-state index contributed by atoms with van der Waals surface area (Å²) in [6, 6.07) is 1.66. The van der Waals surface area contributed by atoms with Crippen LogP contribution >= 0.6 is 0 Å². The fourth-order valence-corrected chi connectivity index (χ4v) is 2.66. The van der Waals surface area contributed by atoms with Crippen molar-refractivity contribution in [3.05, 3.63) is 34.9 Å². The van der Waals surface area contributed by atoms with Crippen LogP contribution in [0.4, 0.5) is 8.78 Å². The van der Waals surface area contributed by atoms with Crippen molar-refractivity contribution in [3.63, 3.8) is 0 Å². The van der Waals surface area contributed by atoms with Crippen molar-refractivity contribution >= 4 is 17.2 Å². The zero-order valence-corrected chi connectivity index (χ0v) is 13.5. The first-order valence-electron chi connectivity index (χ1n) is 7.23. The molecule has 0 radical (unpaired) electrons. The van der Waals surface area contributed by atoms with E-state index in [1.54, 1.807) is 0 Å². The van der Waals surface area contributed by atoms with Crippen LogP contribution in [-0.4, -0.2) is 34.0 Å². The normalized spacial score (nSPS) is 18.3. The molecule has 4 N–H and O–H groups in total. The molecule has 1 unspecified atom stereocenters. The Bertz CT molecular complexity index is 625. The van der Waals surface area contributed by atoms with Gasteiger partial charge in [-0.2, -0.15) is 0 Å². The minimum atomic E-state index is -2.36. The fourth-order valence-electron chi connectivity index (χ4n) is 2.38. The molecule has 0 spiro atoms. The number of nitrogens with one attached hydrogen (secondary N) is 1. The number of ether oxygens (including phenoxy) is 2. The second-order valence-electron chi connectivity index (χ2n) is 5.27. The van der Waals surface area contributed by atoms with Gasteiger partial charge in [-0.15, -0.1) is 0 Å². The van der Waals surface area contributed by atoms with Gasteiger partial charge in [0.25, 0.3) is 5.91 Å². The van der Waals surface area contributed by atoms with Crippen molar-refractivity contribution in [1.29, 1.82) is 0 Å². The number of nitrogens with two attached hydrogens (primary N) is 1. The Morgan fingerprint density at radius 1 is 1.42 bits per heavy atom. The lowest BCUT2D eigenvalue weighted by molar-refractivity contribution is -0.138. The molecule has 2 atom stereocenters. The number of amides is 1. The van der Waals surface area contributed by atoms with Crippen LogP contribution in [0.25, 0.3) is 0 Å². The molecule has 1 saturated heterocycles. The molecular weight excluding hydrogens is 346 g/mol. The maximum atomic E-state index is 14.3. The molecule has 1 amide bonds. The highest BCUT2D eigenvalue weighted by Crippen LogP contribution is 2.27. The summed E-state index contributed by atoms with van der Waals surface area (Å²) >= 11 is -2.36. The number of primary amides is 1. The molecule has 7 nitrogen and oxygen atoms in total. The molecule has 0 aliphatic carbocycles. The molecule has 1 aliphatic heterocycles. The van der Waals surface area contributed by atoms with Crippen molar-refractivity contribution in [2.45, 2.75) is 31.6 Å². The molecule has 1 fully saturated rings. The van der Waals surface area contributed by atoms with Gasteiger partial charge in [0.15, 0.2) is 6.10 Å². The first-order chi connectivity index (χ1) is 11.4. The van der Waals surface area contributed by atoms with Gasteiger partial charge in [-0.1, -0.05) is 0 Å². The Labute approximate surface area is 139 Å². The summed E-state index contributed by atoms with van der Waals surface area (Å²) in [7, 11) is 0. The third-order valence-electron chi connectivity index (χ3n) is 3.59. The second-order valence-corrected chi connectivity index (χ2v) is 6.05. The number of halogens is 2. The van der Waals surface area contributed by atoms with Gasteiger partial charge in [-0.25, -0.2) is 17.7 Å². The largest absolute Gasteiger partial charge is 0.381 e. The third-order valence-corrected chi connectivity index (χ3v) is 3.98. The Morgan fingerprint density at radius 3 is 2.67 bits per heavy atom. The highest BCUT2D eigenvalue weighted by atomic mass is 32.2. The monoisotopic (exact) mass is 364 g/mol. The molecule has 2 rings (SSSR count). The number of rotatable bonds is 7. The summed E-state index contributed by atoms with van der Waals surface area (Å²) in [5, 5.41) is 0. The van der Waals surface area contributed by atoms with Crippen LogP contribution in [0, 0.1) is 11.6 Å². The molecule has 1 aromatic carbocycles. The summed E-state index contributed by atoms with van der Waals surface area (Å²) in [6.07, 6.45) is -0.704. The molecule has 1 aliphatic rings. The van der Waals surface area contributed by atoms with Crippen LogP contribution in [0.3, 0.4) is 0 Å². The molecule has 1 aromatic rings. The quantitative estimate of drug-likeness (QED) is 0.623. The zero-order valence-electron chi connectivity index (χ0n) is 12.7. The zero-order chi connectivity index (χ0) is 17.7. The Morgan fingerprint density at radius 2 is 2.08 bits per heavy atom. The van der Waals surface area contributed by atoms with E-state index in [-0.39, 0.29) is 23.8 Å². The van der Waals surface area contributed by atoms with E-state index in [0.29, 0.717) is 26.1 Å². The van der Waals surface area contributed by atoms with Gasteiger partial charge in [-0.05, 0) is 25.0 Å². The standard InChI is InChI=1S/C14H18F2N2O5S/c15-11-6-10(12(16)5-8(11)7-18-24(20)21)13(14(17)19)23-9-1-3-22-4-2-9/h5-6,9,13,18H,1-4,7H2,(H2,17,19)(H,20,21)/t13-/m0/s1. The number of benzene rings is 1. The van der Waals surface area contributed by atoms with Crippen molar-refractivity contribution < 1.29 is 31.8 Å². The molecule has 1 heterocycles. The fraction of sp³-hybridized carbons (Fsp3) is 0.500. The van der Waals surface area contributed by atoms with Crippen LogP contribution in [0.15, 0.2) is 12.1 Å². The lowest BCUT2D eigenvalue weighted by Crippen LogP contribution is -2.32. The number of hydrogen-bond acceptors (Lipinski definition) is 4. The highest BCUT2D eigenvalue weighted by molar-refractivity contribution is 7.77. The van der Waals surface area contributed by atoms with E-state index in [9.17, 15) is 17.8 Å². The Balaban J connectivity index is 2.21. The van der Waals surface area contributed by atoms with E-state index in [2.05, 4.69) is 4.72 Å². The predicted molar refractivity (Wildman–Crippen MR) is 80.8 cm³/mol. The van der Waals surface area contributed by atoms with E-state index in [4.69, 9.17) is 19.8 Å². The van der Waals surface area contributed by atoms with Gasteiger partial charge in [0, 0.05) is 30.9 Å². The van der Waals surface area contributed by atoms with Gasteiger partial charge in [0.1, 0.15) is 11.6 Å². The maximum Gasteiger partial charge on any atom is 0.251 e. The minimum absolute atomic E-state index is 0.159. The Hall–Kier alpha value is -1.46. The van der Waals surface area contributed by atoms with Crippen molar-refractivity contribution in [3.8, 4) is 0 Å². The molecule has 10 heteroatoms. The minimum Gasteiger partial charge on any atom is -0.381 e. The topological polar surface area (TPSA) is 111 Å². The number of carbonyl (C=O) groups excluding carboxylic acids is 1. The number of hydrogen-bond donors (Lipinski definition) is 3. The maximum absolute atomic E-state index is 14.3. The molecule has 24 heavy (non-hydrogen) atoms. The molecule has 0 aromatic heterocycles. The smallest absolute Gasteiger partial charge is 0.251 e. The van der Waals surface area contributed by atoms with E-state index in [1.807, 2.05) is 0 Å². The van der Waals surface area contributed by atoms with Gasteiger partial charge in [0.05, 0.1) is 6.10 Å². The van der Waals surface area contributed by atoms with Crippen LogP contribution < -0.4 is 10.5 Å². The summed E-state index contributed by atoms with van der Waals surface area (Å²) < 4.78 is 60.3. The summed E-state index contributed by atoms with van der Waals surface area (Å²) in [5.74, 6) is -2.65. The van der Waals surface area contributed by atoms with Crippen LogP contribution in [0.1, 0.15) is 30.1 Å². The first-order valence-corrected chi connectivity index (χ1v) is 8.34. The lowest BCUT2D eigenvalue weighted by atomic mass is 10.0. The second kappa shape index (κ2) is 8.58. The van der Waals surface area contributed by atoms with E-state index in [0.717, 1.165) is 12.1 Å². The average molecular weight is 364 g/mol. The third kappa shape index (κ3) is 5.02. The van der Waals surface area contributed by atoms with E-state index >= 15 is 0 Å². The van der Waals surface area contributed by atoms with Crippen molar-refractivity contribution in [2.75, 3.05) is 13.2 Å². The van der Waals surface area contributed by atoms with Gasteiger partial charge in [-0.3, -0.25) is 9.35 Å². The summed E-state index contributed by atoms with van der Waals surface area (Å²) in [4.78, 5) is 11.6. The van der Waals surface area contributed by atoms with Crippen molar-refractivity contribution in [1.82, 2.24) is 4.72 Å². The van der Waals surface area contributed by atoms with Crippen molar-refractivity contribution in [2.24, 2.45) is 5.73 Å². The van der Waals surface area contributed by atoms with Crippen LogP contribution in [0.2, 0.25) is 0 Å². The average Bonchev–Trinajstić information content (AvgIpc) is 2.54. The molecule has 134 valence electrons. The van der Waals surface area contributed by atoms with Crippen LogP contribution in [0.5, 0.6) is 0 Å². The van der Waals surface area contributed by atoms with E-state index in [1.165, 1.54) is 0 Å². The first kappa shape index (κ1) is 18.9. The number of carbonyl (C=O) groups is 1. The lowest BCUT2D eigenvalue weighted by Gasteiger charge is -2.26. The van der Waals surface area contributed by atoms with Gasteiger partial charge in [0.2, 0.25) is 11.3 Å². The van der Waals surface area contributed by atoms with Crippen LogP contribution in [-0.2, 0) is 32.1 Å².